The maximum absolute atomic E-state index is 12.5. The van der Waals surface area contributed by atoms with Gasteiger partial charge in [-0.15, -0.1) is 0 Å². The monoisotopic (exact) mass is 400 g/mol. The SMILES string of the molecule is O=C1C=CC(=O)N1CCCS(=O)(=O)N=S(=O)(OC(F)F)C(F)(F)F. The molecule has 138 valence electrons. The number of amides is 2. The highest BCUT2D eigenvalue weighted by Gasteiger charge is 2.48. The fourth-order valence-corrected chi connectivity index (χ4v) is 4.23. The Hall–Kier alpha value is -1.61. The van der Waals surface area contributed by atoms with Crippen molar-refractivity contribution in [3.63, 3.8) is 0 Å². The zero-order valence-electron chi connectivity index (χ0n) is 11.4. The molecule has 0 N–H and O–H groups in total. The first-order valence-corrected chi connectivity index (χ1v) is 8.90. The van der Waals surface area contributed by atoms with E-state index in [0.29, 0.717) is 4.90 Å². The highest BCUT2D eigenvalue weighted by Crippen LogP contribution is 2.30. The summed E-state index contributed by atoms with van der Waals surface area (Å²) >= 11 is 0. The molecule has 1 heterocycles. The van der Waals surface area contributed by atoms with Crippen LogP contribution in [0.1, 0.15) is 6.42 Å². The van der Waals surface area contributed by atoms with E-state index in [1.54, 1.807) is 0 Å². The summed E-state index contributed by atoms with van der Waals surface area (Å²) < 4.78 is 100. The second-order valence-corrected chi connectivity index (χ2v) is 7.93. The molecular formula is C9H9F5N2O6S2. The number of imide groups is 1. The highest BCUT2D eigenvalue weighted by molar-refractivity contribution is 8.01. The predicted octanol–water partition coefficient (Wildman–Crippen LogP) is 0.773. The van der Waals surface area contributed by atoms with Gasteiger partial charge in [0.15, 0.2) is 0 Å². The van der Waals surface area contributed by atoms with E-state index in [1.807, 2.05) is 3.77 Å². The van der Waals surface area contributed by atoms with E-state index < -0.39 is 62.7 Å². The summed E-state index contributed by atoms with van der Waals surface area (Å²) in [4.78, 5) is 22.9. The molecule has 0 bridgehead atoms. The van der Waals surface area contributed by atoms with Crippen LogP contribution in [0.2, 0.25) is 0 Å². The largest absolute Gasteiger partial charge is 0.505 e. The first-order valence-electron chi connectivity index (χ1n) is 5.85. The molecule has 0 aliphatic carbocycles. The van der Waals surface area contributed by atoms with Crippen molar-refractivity contribution in [3.8, 4) is 0 Å². The predicted molar refractivity (Wildman–Crippen MR) is 68.0 cm³/mol. The van der Waals surface area contributed by atoms with Crippen LogP contribution in [0.15, 0.2) is 15.9 Å². The Morgan fingerprint density at radius 3 is 2.04 bits per heavy atom. The molecule has 0 aromatic carbocycles. The second kappa shape index (κ2) is 7.10. The third kappa shape index (κ3) is 5.20. The van der Waals surface area contributed by atoms with Crippen LogP contribution in [0.5, 0.6) is 0 Å². The molecule has 0 saturated heterocycles. The number of nitrogens with zero attached hydrogens (tertiary/aromatic N) is 2. The minimum absolute atomic E-state index is 0.470. The molecule has 1 aliphatic rings. The van der Waals surface area contributed by atoms with Crippen LogP contribution < -0.4 is 0 Å². The van der Waals surface area contributed by atoms with Crippen LogP contribution in [-0.4, -0.2) is 53.8 Å². The fraction of sp³-hybridized carbons (Fsp3) is 0.556. The lowest BCUT2D eigenvalue weighted by Crippen LogP contribution is -2.32. The van der Waals surface area contributed by atoms with Crippen molar-refractivity contribution in [1.82, 2.24) is 4.90 Å². The molecule has 1 rings (SSSR count). The number of carbonyl (C=O) groups is 2. The first-order chi connectivity index (χ1) is 10.8. The highest BCUT2D eigenvalue weighted by atomic mass is 32.3. The maximum Gasteiger partial charge on any atom is 0.505 e. The molecule has 15 heteroatoms. The Kier molecular flexibility index (Phi) is 6.05. The minimum atomic E-state index is -6.21. The lowest BCUT2D eigenvalue weighted by Gasteiger charge is -2.14. The molecular weight excluding hydrogens is 391 g/mol. The van der Waals surface area contributed by atoms with Crippen LogP contribution in [0.3, 0.4) is 0 Å². The van der Waals surface area contributed by atoms with Gasteiger partial charge in [0.05, 0.1) is 5.75 Å². The molecule has 0 spiro atoms. The van der Waals surface area contributed by atoms with Gasteiger partial charge in [0.2, 0.25) is 0 Å². The van der Waals surface area contributed by atoms with Crippen molar-refractivity contribution >= 4 is 31.8 Å². The van der Waals surface area contributed by atoms with Crippen molar-refractivity contribution in [3.05, 3.63) is 12.2 Å². The minimum Gasteiger partial charge on any atom is -0.275 e. The molecule has 0 aromatic heterocycles. The Labute approximate surface area is 132 Å². The van der Waals surface area contributed by atoms with Crippen LogP contribution in [0.25, 0.3) is 0 Å². The van der Waals surface area contributed by atoms with Gasteiger partial charge in [-0.2, -0.15) is 22.0 Å². The lowest BCUT2D eigenvalue weighted by molar-refractivity contribution is -0.136. The third-order valence-electron chi connectivity index (χ3n) is 2.39. The van der Waals surface area contributed by atoms with Gasteiger partial charge in [-0.1, -0.05) is 3.77 Å². The van der Waals surface area contributed by atoms with Gasteiger partial charge in [0, 0.05) is 18.7 Å². The summed E-state index contributed by atoms with van der Waals surface area (Å²) in [5, 5.41) is 0. The van der Waals surface area contributed by atoms with Crippen molar-refractivity contribution in [2.75, 3.05) is 12.3 Å². The molecule has 24 heavy (non-hydrogen) atoms. The van der Waals surface area contributed by atoms with Crippen molar-refractivity contribution in [2.24, 2.45) is 3.77 Å². The lowest BCUT2D eigenvalue weighted by atomic mass is 10.4. The van der Waals surface area contributed by atoms with Gasteiger partial charge in [0.25, 0.3) is 31.8 Å². The topological polar surface area (TPSA) is 110 Å². The zero-order chi connectivity index (χ0) is 18.8. The summed E-state index contributed by atoms with van der Waals surface area (Å²) in [6.45, 7) is -4.65. The molecule has 8 nitrogen and oxygen atoms in total. The standard InChI is InChI=1S/C9H9F5N2O6S2/c10-8(11)22-24(21,9(12,13)14)15-23(19,20)5-1-4-16-6(17)2-3-7(16)18/h2-3,8H,1,4-5H2. The van der Waals surface area contributed by atoms with Gasteiger partial charge in [-0.05, 0) is 6.42 Å². The van der Waals surface area contributed by atoms with Gasteiger partial charge in [0.1, 0.15) is 0 Å². The van der Waals surface area contributed by atoms with E-state index in [9.17, 15) is 44.2 Å². The number of sulfonamides is 1. The summed E-state index contributed by atoms with van der Waals surface area (Å²) in [5.41, 5.74) is -5.97. The van der Waals surface area contributed by atoms with E-state index in [-0.39, 0.29) is 0 Å². The molecule has 1 unspecified atom stereocenters. The van der Waals surface area contributed by atoms with Crippen LogP contribution in [-0.2, 0) is 33.8 Å². The van der Waals surface area contributed by atoms with Crippen molar-refractivity contribution in [1.29, 1.82) is 0 Å². The summed E-state index contributed by atoms with van der Waals surface area (Å²) in [6.07, 6.45) is 1.25. The first kappa shape index (κ1) is 20.4. The maximum atomic E-state index is 12.5. The average molecular weight is 400 g/mol. The molecule has 0 fully saturated rings. The van der Waals surface area contributed by atoms with Gasteiger partial charge in [-0.25, -0.2) is 16.8 Å². The Bertz CT molecular complexity index is 748. The fourth-order valence-electron chi connectivity index (χ4n) is 1.46. The average Bonchev–Trinajstić information content (AvgIpc) is 2.67. The van der Waals surface area contributed by atoms with Crippen LogP contribution in [0, 0.1) is 0 Å². The Morgan fingerprint density at radius 2 is 1.62 bits per heavy atom. The quantitative estimate of drug-likeness (QED) is 0.461. The Morgan fingerprint density at radius 1 is 1.12 bits per heavy atom. The summed E-state index contributed by atoms with van der Waals surface area (Å²) in [5.74, 6) is -2.69. The van der Waals surface area contributed by atoms with Gasteiger partial charge in [-0.3, -0.25) is 14.5 Å². The van der Waals surface area contributed by atoms with Crippen molar-refractivity contribution < 1.29 is 48.4 Å². The van der Waals surface area contributed by atoms with E-state index in [1.165, 1.54) is 0 Å². The smallest absolute Gasteiger partial charge is 0.275 e. The van der Waals surface area contributed by atoms with E-state index >= 15 is 0 Å². The van der Waals surface area contributed by atoms with Crippen LogP contribution in [0.4, 0.5) is 22.0 Å². The number of hydrogen-bond acceptors (Lipinski definition) is 6. The molecule has 1 aliphatic heterocycles. The third-order valence-corrected chi connectivity index (χ3v) is 5.88. The molecule has 1 atom stereocenters. The number of alkyl halides is 5. The number of rotatable bonds is 7. The summed E-state index contributed by atoms with van der Waals surface area (Å²) in [7, 11) is -11.3. The van der Waals surface area contributed by atoms with Crippen molar-refractivity contribution in [2.45, 2.75) is 18.5 Å². The summed E-state index contributed by atoms with van der Waals surface area (Å²) in [6, 6.07) is 0. The van der Waals surface area contributed by atoms with Gasteiger partial charge >= 0.3 is 12.1 Å². The zero-order valence-corrected chi connectivity index (χ0v) is 13.0. The molecule has 0 aromatic rings. The van der Waals surface area contributed by atoms with E-state index in [0.717, 1.165) is 12.2 Å². The normalized spacial score (nSPS) is 18.3. The number of halogens is 5. The second-order valence-electron chi connectivity index (χ2n) is 4.15. The van der Waals surface area contributed by atoms with E-state index in [4.69, 9.17) is 0 Å². The van der Waals surface area contributed by atoms with Crippen LogP contribution >= 0.6 is 0 Å². The molecule has 0 radical (unpaired) electrons. The van der Waals surface area contributed by atoms with E-state index in [2.05, 4.69) is 4.18 Å². The molecule has 2 amide bonds. The number of carbonyl (C=O) groups excluding carboxylic acids is 2. The molecule has 0 saturated carbocycles. The Balaban J connectivity index is 2.88. The van der Waals surface area contributed by atoms with Gasteiger partial charge < -0.3 is 0 Å². The number of hydrogen-bond donors (Lipinski definition) is 0.